The topological polar surface area (TPSA) is 224 Å². The van der Waals surface area contributed by atoms with E-state index in [4.69, 9.17) is 25.5 Å². The predicted octanol–water partition coefficient (Wildman–Crippen LogP) is 1.45. The van der Waals surface area contributed by atoms with Gasteiger partial charge in [0.25, 0.3) is 0 Å². The van der Waals surface area contributed by atoms with E-state index in [9.17, 15) is 33.9 Å². The molecule has 1 unspecified atom stereocenters. The zero-order valence-electron chi connectivity index (χ0n) is 16.7. The fourth-order valence-electron chi connectivity index (χ4n) is 3.45. The van der Waals surface area contributed by atoms with Crippen molar-refractivity contribution in [3.05, 3.63) is 0 Å². The number of hydrogen-bond acceptors (Lipinski definition) is 6. The summed E-state index contributed by atoms with van der Waals surface area (Å²) in [6.07, 6.45) is -4.06. The average molecular weight is 466 g/mol. The lowest BCUT2D eigenvalue weighted by Gasteiger charge is -2.42. The third-order valence-corrected chi connectivity index (χ3v) is 8.16. The molecule has 0 aromatic carbocycles. The number of carboxylic acids is 6. The zero-order valence-corrected chi connectivity index (χ0v) is 17.6. The Kier molecular flexibility index (Phi) is 12.3. The molecular weight excluding hydrogens is 439 g/mol. The maximum Gasteiger partial charge on any atom is 0.310 e. The van der Waals surface area contributed by atoms with Crippen LogP contribution in [0.1, 0.15) is 51.4 Å². The largest absolute Gasteiger partial charge is 0.481 e. The molecule has 1 atom stereocenters. The third-order valence-electron chi connectivity index (χ3n) is 4.93. The van der Waals surface area contributed by atoms with Crippen LogP contribution >= 0.6 is 7.92 Å². The highest BCUT2D eigenvalue weighted by molar-refractivity contribution is 7.58. The monoisotopic (exact) mass is 466 g/mol. The Morgan fingerprint density at radius 3 is 1.23 bits per heavy atom. The second kappa shape index (κ2) is 13.5. The molecule has 0 amide bonds. The van der Waals surface area contributed by atoms with Crippen LogP contribution in [0.5, 0.6) is 0 Å². The van der Waals surface area contributed by atoms with Crippen LogP contribution in [0, 0.1) is 5.41 Å². The van der Waals surface area contributed by atoms with Gasteiger partial charge in [0.15, 0.2) is 0 Å². The van der Waals surface area contributed by atoms with Crippen molar-refractivity contribution < 1.29 is 59.4 Å². The Morgan fingerprint density at radius 2 is 0.935 bits per heavy atom. The number of hydrogen-bond donors (Lipinski definition) is 6. The van der Waals surface area contributed by atoms with Crippen molar-refractivity contribution in [2.24, 2.45) is 5.41 Å². The van der Waals surface area contributed by atoms with Gasteiger partial charge in [-0.15, -0.1) is 7.92 Å². The standard InChI is InChI=1S/C18H27O12P/c19-12(20)2-1-11(31(9-5-15(25)26)10-6-16(27)28)18(17(29)30,7-3-13(21)22)8-4-14(23)24/h11H,1-10H2,(H,19,20)(H,21,22)(H,23,24)(H,25,26)(H,27,28)(H,29,30). The quantitative estimate of drug-likeness (QED) is 0.158. The molecule has 0 heterocycles. The van der Waals surface area contributed by atoms with E-state index in [1.807, 2.05) is 0 Å². The average Bonchev–Trinajstić information content (AvgIpc) is 2.63. The van der Waals surface area contributed by atoms with E-state index in [-0.39, 0.29) is 18.7 Å². The molecule has 0 spiro atoms. The number of carboxylic acid groups (broad SMARTS) is 6. The summed E-state index contributed by atoms with van der Waals surface area (Å²) in [5, 5.41) is 55.3. The van der Waals surface area contributed by atoms with Crippen molar-refractivity contribution in [2.45, 2.75) is 57.0 Å². The molecule has 0 radical (unpaired) electrons. The van der Waals surface area contributed by atoms with Gasteiger partial charge in [-0.25, -0.2) is 0 Å². The lowest BCUT2D eigenvalue weighted by Crippen LogP contribution is -2.44. The summed E-state index contributed by atoms with van der Waals surface area (Å²) in [5.41, 5.74) is -3.02. The first-order chi connectivity index (χ1) is 14.3. The molecule has 0 fully saturated rings. The van der Waals surface area contributed by atoms with Crippen molar-refractivity contribution >= 4 is 43.7 Å². The first-order valence-electron chi connectivity index (χ1n) is 9.38. The molecule has 0 aliphatic rings. The third kappa shape index (κ3) is 10.7. The van der Waals surface area contributed by atoms with E-state index in [2.05, 4.69) is 0 Å². The molecule has 0 saturated heterocycles. The Morgan fingerprint density at radius 1 is 0.581 bits per heavy atom. The van der Waals surface area contributed by atoms with E-state index in [1.54, 1.807) is 0 Å². The van der Waals surface area contributed by atoms with Crippen LogP contribution in [-0.2, 0) is 28.8 Å². The molecule has 0 aromatic heterocycles. The van der Waals surface area contributed by atoms with Gasteiger partial charge in [0.05, 0.1) is 5.41 Å². The van der Waals surface area contributed by atoms with E-state index in [0.717, 1.165) is 0 Å². The number of aliphatic carboxylic acids is 6. The molecule has 0 aliphatic heterocycles. The summed E-state index contributed by atoms with van der Waals surface area (Å²) < 4.78 is 0. The van der Waals surface area contributed by atoms with Crippen LogP contribution in [0.15, 0.2) is 0 Å². The Labute approximate surface area is 178 Å². The molecule has 12 nitrogen and oxygen atoms in total. The van der Waals surface area contributed by atoms with E-state index in [1.165, 1.54) is 0 Å². The minimum absolute atomic E-state index is 0.0998. The first-order valence-corrected chi connectivity index (χ1v) is 11.2. The summed E-state index contributed by atoms with van der Waals surface area (Å²) >= 11 is 0. The van der Waals surface area contributed by atoms with E-state index in [0.29, 0.717) is 0 Å². The Bertz CT molecular complexity index is 653. The van der Waals surface area contributed by atoms with Crippen molar-refractivity contribution in [2.75, 3.05) is 12.3 Å². The molecule has 6 N–H and O–H groups in total. The Balaban J connectivity index is 6.38. The van der Waals surface area contributed by atoms with Gasteiger partial charge in [0.1, 0.15) is 0 Å². The van der Waals surface area contributed by atoms with Crippen LogP contribution in [0.2, 0.25) is 0 Å². The summed E-state index contributed by atoms with van der Waals surface area (Å²) in [6, 6.07) is 0. The van der Waals surface area contributed by atoms with Gasteiger partial charge in [-0.3, -0.25) is 28.8 Å². The number of rotatable bonds is 18. The smallest absolute Gasteiger partial charge is 0.310 e. The summed E-state index contributed by atoms with van der Waals surface area (Å²) in [4.78, 5) is 68.0. The number of carbonyl (C=O) groups is 6. The lowest BCUT2D eigenvalue weighted by atomic mass is 9.74. The molecule has 0 bridgehead atoms. The van der Waals surface area contributed by atoms with E-state index < -0.39 is 99.8 Å². The highest BCUT2D eigenvalue weighted by Gasteiger charge is 2.48. The normalized spacial score (nSPS) is 12.3. The predicted molar refractivity (Wildman–Crippen MR) is 106 cm³/mol. The fraction of sp³-hybridized carbons (Fsp3) is 0.667. The summed E-state index contributed by atoms with van der Waals surface area (Å²) in [5.74, 6) is -7.87. The van der Waals surface area contributed by atoms with E-state index >= 15 is 0 Å². The Hall–Kier alpha value is -2.75. The molecule has 31 heavy (non-hydrogen) atoms. The van der Waals surface area contributed by atoms with Crippen LogP contribution < -0.4 is 0 Å². The highest BCUT2D eigenvalue weighted by atomic mass is 31.1. The lowest BCUT2D eigenvalue weighted by molar-refractivity contribution is -0.152. The summed E-state index contributed by atoms with van der Waals surface area (Å²) in [7, 11) is -1.69. The van der Waals surface area contributed by atoms with Crippen molar-refractivity contribution in [1.29, 1.82) is 0 Å². The van der Waals surface area contributed by atoms with Crippen molar-refractivity contribution in [3.8, 4) is 0 Å². The molecular formula is C18H27O12P. The molecule has 13 heteroatoms. The maximum absolute atomic E-state index is 12.4. The zero-order chi connectivity index (χ0) is 24.2. The molecule has 0 rings (SSSR count). The van der Waals surface area contributed by atoms with Gasteiger partial charge in [-0.2, -0.15) is 0 Å². The minimum Gasteiger partial charge on any atom is -0.481 e. The van der Waals surface area contributed by atoms with Gasteiger partial charge in [0.2, 0.25) is 0 Å². The SMILES string of the molecule is O=C(O)CCC(P(CCC(=O)O)CCC(=O)O)C(CCC(=O)O)(CCC(=O)O)C(=O)O. The molecule has 0 aliphatic carbocycles. The van der Waals surface area contributed by atoms with Gasteiger partial charge in [-0.05, 0) is 37.2 Å². The second-order valence-electron chi connectivity index (χ2n) is 7.02. The van der Waals surface area contributed by atoms with Crippen LogP contribution in [0.3, 0.4) is 0 Å². The van der Waals surface area contributed by atoms with Gasteiger partial charge >= 0.3 is 35.8 Å². The van der Waals surface area contributed by atoms with Crippen LogP contribution in [0.4, 0.5) is 0 Å². The van der Waals surface area contributed by atoms with Crippen molar-refractivity contribution in [3.63, 3.8) is 0 Å². The van der Waals surface area contributed by atoms with Gasteiger partial charge < -0.3 is 30.6 Å². The summed E-state index contributed by atoms with van der Waals surface area (Å²) in [6.45, 7) is 0. The fourth-order valence-corrected chi connectivity index (χ4v) is 6.81. The van der Waals surface area contributed by atoms with Crippen molar-refractivity contribution in [1.82, 2.24) is 0 Å². The van der Waals surface area contributed by atoms with Crippen LogP contribution in [-0.4, -0.2) is 84.4 Å². The maximum atomic E-state index is 12.4. The second-order valence-corrected chi connectivity index (χ2v) is 9.72. The molecule has 0 aromatic rings. The van der Waals surface area contributed by atoms with Gasteiger partial charge in [0, 0.05) is 32.1 Å². The molecule has 176 valence electrons. The molecule has 0 saturated carbocycles. The first kappa shape index (κ1) is 28.2. The highest BCUT2D eigenvalue weighted by Crippen LogP contribution is 2.56. The van der Waals surface area contributed by atoms with Gasteiger partial charge in [-0.1, -0.05) is 0 Å². The van der Waals surface area contributed by atoms with Crippen LogP contribution in [0.25, 0.3) is 0 Å². The minimum atomic E-state index is -1.95.